The van der Waals surface area contributed by atoms with E-state index >= 15 is 0 Å². The van der Waals surface area contributed by atoms with Gasteiger partial charge in [-0.15, -0.1) is 5.10 Å². The molecule has 0 aliphatic rings. The summed E-state index contributed by atoms with van der Waals surface area (Å²) in [6.45, 7) is 2.44. The normalized spacial score (nSPS) is 11.3. The fourth-order valence-electron chi connectivity index (χ4n) is 4.01. The summed E-state index contributed by atoms with van der Waals surface area (Å²) in [5.41, 5.74) is 3.93. The van der Waals surface area contributed by atoms with Gasteiger partial charge in [-0.2, -0.15) is 0 Å². The average molecular weight is 506 g/mol. The van der Waals surface area contributed by atoms with E-state index in [2.05, 4.69) is 36.6 Å². The van der Waals surface area contributed by atoms with Gasteiger partial charge >= 0.3 is 0 Å². The minimum absolute atomic E-state index is 0.00186. The first-order valence-electron chi connectivity index (χ1n) is 10.5. The van der Waals surface area contributed by atoms with Crippen LogP contribution in [0.2, 0.25) is 0 Å². The molecule has 0 bridgehead atoms. The lowest BCUT2D eigenvalue weighted by Crippen LogP contribution is -2.23. The first-order valence-corrected chi connectivity index (χ1v) is 11.3. The zero-order valence-electron chi connectivity index (χ0n) is 17.7. The number of nitrogens with one attached hydrogen (secondary N) is 1. The maximum absolute atomic E-state index is 12.6. The number of rotatable bonds is 6. The third-order valence-corrected chi connectivity index (χ3v) is 6.30. The highest BCUT2D eigenvalue weighted by Crippen LogP contribution is 2.41. The standard InChI is InChI=1S/C24H20BrN5O3/c1-2-5-15-11-16(31)12-21(32)30(15)13-14-8-9-20-19(10-14)22(25)23(33-20)17-6-3-4-7-18(17)24-26-28-29-27-24/h3-4,6-12,31H,2,5,13H2,1H3,(H,26,27,28,29). The summed E-state index contributed by atoms with van der Waals surface area (Å²) in [7, 11) is 0. The van der Waals surface area contributed by atoms with E-state index in [1.54, 1.807) is 10.6 Å². The molecular formula is C24H20BrN5O3. The van der Waals surface area contributed by atoms with E-state index in [-0.39, 0.29) is 11.3 Å². The molecule has 0 saturated heterocycles. The Morgan fingerprint density at radius 1 is 1.12 bits per heavy atom. The number of benzene rings is 2. The number of nitrogens with zero attached hydrogens (tertiary/aromatic N) is 4. The van der Waals surface area contributed by atoms with Crippen LogP contribution in [0.3, 0.4) is 0 Å². The number of pyridine rings is 1. The molecule has 5 aromatic rings. The van der Waals surface area contributed by atoms with E-state index < -0.39 is 0 Å². The van der Waals surface area contributed by atoms with Crippen molar-refractivity contribution >= 4 is 26.9 Å². The number of H-pyrrole nitrogens is 1. The van der Waals surface area contributed by atoms with E-state index in [1.807, 2.05) is 49.4 Å². The molecule has 2 N–H and O–H groups in total. The van der Waals surface area contributed by atoms with Gasteiger partial charge in [0.2, 0.25) is 0 Å². The van der Waals surface area contributed by atoms with Gasteiger partial charge in [0.1, 0.15) is 17.1 Å². The second-order valence-corrected chi connectivity index (χ2v) is 8.54. The predicted octanol–water partition coefficient (Wildman–Crippen LogP) is 4.91. The highest BCUT2D eigenvalue weighted by atomic mass is 79.9. The van der Waals surface area contributed by atoms with Crippen LogP contribution in [0.1, 0.15) is 24.6 Å². The third-order valence-electron chi connectivity index (χ3n) is 5.51. The smallest absolute Gasteiger partial charge is 0.254 e. The predicted molar refractivity (Wildman–Crippen MR) is 128 cm³/mol. The van der Waals surface area contributed by atoms with E-state index in [9.17, 15) is 9.90 Å². The number of aromatic amines is 1. The highest BCUT2D eigenvalue weighted by molar-refractivity contribution is 9.10. The van der Waals surface area contributed by atoms with Crippen molar-refractivity contribution in [2.24, 2.45) is 0 Å². The molecule has 166 valence electrons. The Balaban J connectivity index is 1.58. The number of hydrogen-bond acceptors (Lipinski definition) is 6. The first kappa shape index (κ1) is 21.1. The topological polar surface area (TPSA) is 110 Å². The lowest BCUT2D eigenvalue weighted by Gasteiger charge is -2.13. The van der Waals surface area contributed by atoms with Crippen molar-refractivity contribution in [1.29, 1.82) is 0 Å². The van der Waals surface area contributed by atoms with E-state index in [1.165, 1.54) is 6.07 Å². The zero-order valence-corrected chi connectivity index (χ0v) is 19.3. The van der Waals surface area contributed by atoms with Crippen LogP contribution in [0.4, 0.5) is 0 Å². The third kappa shape index (κ3) is 3.95. The fraction of sp³-hybridized carbons (Fsp3) is 0.167. The van der Waals surface area contributed by atoms with Gasteiger partial charge in [0.15, 0.2) is 5.82 Å². The van der Waals surface area contributed by atoms with Gasteiger partial charge in [-0.05, 0) is 56.5 Å². The molecule has 0 radical (unpaired) electrons. The van der Waals surface area contributed by atoms with Gasteiger partial charge < -0.3 is 14.1 Å². The molecule has 0 amide bonds. The molecule has 8 nitrogen and oxygen atoms in total. The number of aromatic hydroxyl groups is 1. The van der Waals surface area contributed by atoms with Crippen LogP contribution >= 0.6 is 15.9 Å². The molecule has 3 aromatic heterocycles. The van der Waals surface area contributed by atoms with Gasteiger partial charge in [0, 0.05) is 28.3 Å². The molecule has 0 fully saturated rings. The molecule has 0 atom stereocenters. The maximum atomic E-state index is 12.6. The Kier molecular flexibility index (Phi) is 5.55. The van der Waals surface area contributed by atoms with Crippen molar-refractivity contribution in [3.63, 3.8) is 0 Å². The summed E-state index contributed by atoms with van der Waals surface area (Å²) < 4.78 is 8.71. The van der Waals surface area contributed by atoms with E-state index in [0.717, 1.165) is 44.2 Å². The summed E-state index contributed by atoms with van der Waals surface area (Å²) in [4.78, 5) is 12.6. The quantitative estimate of drug-likeness (QED) is 0.339. The van der Waals surface area contributed by atoms with Crippen LogP contribution in [0.25, 0.3) is 33.7 Å². The summed E-state index contributed by atoms with van der Waals surface area (Å²) >= 11 is 3.71. The van der Waals surface area contributed by atoms with Crippen LogP contribution < -0.4 is 5.56 Å². The van der Waals surface area contributed by atoms with Crippen LogP contribution in [-0.2, 0) is 13.0 Å². The first-order chi connectivity index (χ1) is 16.0. The summed E-state index contributed by atoms with van der Waals surface area (Å²) in [6.07, 6.45) is 1.58. The Morgan fingerprint density at radius 2 is 1.94 bits per heavy atom. The number of furan rings is 1. The van der Waals surface area contributed by atoms with Gasteiger partial charge in [-0.3, -0.25) is 4.79 Å². The molecule has 0 saturated carbocycles. The molecule has 33 heavy (non-hydrogen) atoms. The fourth-order valence-corrected chi connectivity index (χ4v) is 4.61. The van der Waals surface area contributed by atoms with Gasteiger partial charge in [-0.25, -0.2) is 5.10 Å². The number of tetrazole rings is 1. The molecule has 0 unspecified atom stereocenters. The molecular weight excluding hydrogens is 486 g/mol. The van der Waals surface area contributed by atoms with Crippen molar-refractivity contribution in [3.05, 3.63) is 80.7 Å². The second kappa shape index (κ2) is 8.67. The summed E-state index contributed by atoms with van der Waals surface area (Å²) in [5.74, 6) is 1.22. The molecule has 0 aliphatic heterocycles. The Morgan fingerprint density at radius 3 is 2.70 bits per heavy atom. The summed E-state index contributed by atoms with van der Waals surface area (Å²) in [5, 5.41) is 24.9. The second-order valence-electron chi connectivity index (χ2n) is 7.75. The molecule has 9 heteroatoms. The lowest BCUT2D eigenvalue weighted by atomic mass is 10.0. The van der Waals surface area contributed by atoms with Crippen LogP contribution in [0.15, 0.2) is 68.3 Å². The van der Waals surface area contributed by atoms with Crippen molar-refractivity contribution in [2.45, 2.75) is 26.3 Å². The monoisotopic (exact) mass is 505 g/mol. The average Bonchev–Trinajstić information content (AvgIpc) is 3.45. The van der Waals surface area contributed by atoms with Crippen LogP contribution in [0.5, 0.6) is 5.75 Å². The molecule has 3 heterocycles. The minimum Gasteiger partial charge on any atom is -0.508 e. The highest BCUT2D eigenvalue weighted by Gasteiger charge is 2.19. The van der Waals surface area contributed by atoms with E-state index in [0.29, 0.717) is 24.6 Å². The van der Waals surface area contributed by atoms with Crippen LogP contribution in [-0.4, -0.2) is 30.3 Å². The van der Waals surface area contributed by atoms with Crippen molar-refractivity contribution in [2.75, 3.05) is 0 Å². The molecule has 5 rings (SSSR count). The molecule has 2 aromatic carbocycles. The van der Waals surface area contributed by atoms with Crippen molar-refractivity contribution in [1.82, 2.24) is 25.2 Å². The Hall–Kier alpha value is -3.72. The zero-order chi connectivity index (χ0) is 22.9. The number of aryl methyl sites for hydroxylation is 1. The van der Waals surface area contributed by atoms with Crippen molar-refractivity contribution < 1.29 is 9.52 Å². The van der Waals surface area contributed by atoms with Crippen molar-refractivity contribution in [3.8, 4) is 28.5 Å². The number of aromatic nitrogens is 5. The van der Waals surface area contributed by atoms with E-state index in [4.69, 9.17) is 4.42 Å². The number of halogens is 1. The van der Waals surface area contributed by atoms with Gasteiger partial charge in [0.05, 0.1) is 11.0 Å². The minimum atomic E-state index is -0.222. The Bertz CT molecular complexity index is 1500. The van der Waals surface area contributed by atoms with Crippen LogP contribution in [0, 0.1) is 0 Å². The maximum Gasteiger partial charge on any atom is 0.254 e. The summed E-state index contributed by atoms with van der Waals surface area (Å²) in [6, 6.07) is 16.5. The number of fused-ring (bicyclic) bond motifs is 1. The Labute approximate surface area is 197 Å². The number of hydrogen-bond donors (Lipinski definition) is 2. The SMILES string of the molecule is CCCc1cc(O)cc(=O)n1Cc1ccc2oc(-c3ccccc3-c3nnn[nH]3)c(Br)c2c1. The lowest BCUT2D eigenvalue weighted by molar-refractivity contribution is 0.469. The molecule has 0 spiro atoms. The molecule has 0 aliphatic carbocycles. The van der Waals surface area contributed by atoms with Gasteiger partial charge in [-0.1, -0.05) is 43.7 Å². The van der Waals surface area contributed by atoms with Gasteiger partial charge in [0.25, 0.3) is 5.56 Å². The largest absolute Gasteiger partial charge is 0.508 e.